The number of rotatable bonds is 4. The van der Waals surface area contributed by atoms with Crippen LogP contribution in [-0.4, -0.2) is 18.2 Å². The molecule has 2 unspecified atom stereocenters. The molecule has 2 rings (SSSR count). The van der Waals surface area contributed by atoms with E-state index in [0.717, 1.165) is 17.9 Å². The first-order valence-corrected chi connectivity index (χ1v) is 7.62. The van der Waals surface area contributed by atoms with Crippen LogP contribution in [0.25, 0.3) is 0 Å². The van der Waals surface area contributed by atoms with Gasteiger partial charge in [-0.15, -0.1) is 0 Å². The van der Waals surface area contributed by atoms with Crippen molar-refractivity contribution in [2.45, 2.75) is 58.1 Å². The Hall–Kier alpha value is -1.02. The molecule has 1 aromatic carbocycles. The summed E-state index contributed by atoms with van der Waals surface area (Å²) in [4.78, 5) is 2.41. The molecule has 1 saturated carbocycles. The van der Waals surface area contributed by atoms with Crippen LogP contribution >= 0.6 is 0 Å². The van der Waals surface area contributed by atoms with Gasteiger partial charge in [-0.3, -0.25) is 0 Å². The lowest BCUT2D eigenvalue weighted by molar-refractivity contribution is 0.173. The number of aliphatic hydroxyl groups is 1. The van der Waals surface area contributed by atoms with Crippen LogP contribution in [0.3, 0.4) is 0 Å². The van der Waals surface area contributed by atoms with Crippen molar-refractivity contribution in [2.24, 2.45) is 5.92 Å². The molecule has 1 aliphatic carbocycles. The van der Waals surface area contributed by atoms with Crippen LogP contribution in [0.1, 0.15) is 57.6 Å². The van der Waals surface area contributed by atoms with E-state index < -0.39 is 0 Å². The molecule has 0 spiro atoms. The SMILES string of the molecule is CC[C@H](O)c1ccc(N(C)C2CCCC(C)C2)cc1. The first-order valence-electron chi connectivity index (χ1n) is 7.62. The van der Waals surface area contributed by atoms with Crippen molar-refractivity contribution in [3.8, 4) is 0 Å². The van der Waals surface area contributed by atoms with Gasteiger partial charge in [-0.25, -0.2) is 0 Å². The van der Waals surface area contributed by atoms with Crippen LogP contribution in [0.2, 0.25) is 0 Å². The van der Waals surface area contributed by atoms with E-state index in [1.165, 1.54) is 31.4 Å². The van der Waals surface area contributed by atoms with Gasteiger partial charge in [0.2, 0.25) is 0 Å². The van der Waals surface area contributed by atoms with Crippen molar-refractivity contribution in [3.63, 3.8) is 0 Å². The van der Waals surface area contributed by atoms with E-state index in [-0.39, 0.29) is 6.10 Å². The average molecular weight is 261 g/mol. The molecule has 0 aliphatic heterocycles. The third kappa shape index (κ3) is 3.50. The normalized spacial score (nSPS) is 25.1. The van der Waals surface area contributed by atoms with E-state index in [9.17, 15) is 5.11 Å². The Bertz CT molecular complexity index is 387. The maximum atomic E-state index is 9.83. The van der Waals surface area contributed by atoms with Gasteiger partial charge in [0.05, 0.1) is 6.10 Å². The number of hydrogen-bond donors (Lipinski definition) is 1. The summed E-state index contributed by atoms with van der Waals surface area (Å²) in [6.07, 6.45) is 5.79. The van der Waals surface area contributed by atoms with Gasteiger partial charge in [-0.05, 0) is 42.9 Å². The highest BCUT2D eigenvalue weighted by Crippen LogP contribution is 2.30. The van der Waals surface area contributed by atoms with Gasteiger partial charge in [0.25, 0.3) is 0 Å². The Morgan fingerprint density at radius 1 is 1.26 bits per heavy atom. The van der Waals surface area contributed by atoms with Crippen LogP contribution < -0.4 is 4.90 Å². The maximum absolute atomic E-state index is 9.83. The largest absolute Gasteiger partial charge is 0.388 e. The van der Waals surface area contributed by atoms with Gasteiger partial charge in [-0.1, -0.05) is 38.8 Å². The number of benzene rings is 1. The fourth-order valence-corrected chi connectivity index (χ4v) is 3.13. The molecular weight excluding hydrogens is 234 g/mol. The minimum absolute atomic E-state index is 0.325. The lowest BCUT2D eigenvalue weighted by Gasteiger charge is -2.35. The van der Waals surface area contributed by atoms with E-state index in [0.29, 0.717) is 6.04 Å². The summed E-state index contributed by atoms with van der Waals surface area (Å²) in [5.41, 5.74) is 2.29. The summed E-state index contributed by atoms with van der Waals surface area (Å²) < 4.78 is 0. The molecule has 0 aromatic heterocycles. The second kappa shape index (κ2) is 6.42. The quantitative estimate of drug-likeness (QED) is 0.880. The van der Waals surface area contributed by atoms with Gasteiger partial charge in [-0.2, -0.15) is 0 Å². The highest BCUT2D eigenvalue weighted by Gasteiger charge is 2.22. The summed E-state index contributed by atoms with van der Waals surface area (Å²) in [7, 11) is 2.20. The lowest BCUT2D eigenvalue weighted by Crippen LogP contribution is -2.35. The molecule has 1 fully saturated rings. The molecular formula is C17H27NO. The van der Waals surface area contributed by atoms with E-state index in [2.05, 4.69) is 43.1 Å². The van der Waals surface area contributed by atoms with Crippen LogP contribution in [0.5, 0.6) is 0 Å². The first kappa shape index (κ1) is 14.4. The Morgan fingerprint density at radius 3 is 2.53 bits per heavy atom. The zero-order valence-corrected chi connectivity index (χ0v) is 12.5. The van der Waals surface area contributed by atoms with Crippen molar-refractivity contribution in [1.82, 2.24) is 0 Å². The summed E-state index contributed by atoms with van der Waals surface area (Å²) in [6.45, 7) is 4.37. The molecule has 0 heterocycles. The fourth-order valence-electron chi connectivity index (χ4n) is 3.13. The van der Waals surface area contributed by atoms with Crippen LogP contribution in [-0.2, 0) is 0 Å². The molecule has 19 heavy (non-hydrogen) atoms. The topological polar surface area (TPSA) is 23.5 Å². The molecule has 0 amide bonds. The standard InChI is InChI=1S/C17H27NO/c1-4-17(19)14-8-10-15(11-9-14)18(3)16-7-5-6-13(2)12-16/h8-11,13,16-17,19H,4-7,12H2,1-3H3/t13?,16?,17-/m0/s1. The number of hydrogen-bond acceptors (Lipinski definition) is 2. The lowest BCUT2D eigenvalue weighted by atomic mass is 9.86. The van der Waals surface area contributed by atoms with E-state index in [1.807, 2.05) is 6.92 Å². The smallest absolute Gasteiger partial charge is 0.0787 e. The number of anilines is 1. The van der Waals surface area contributed by atoms with Crippen LogP contribution in [0.15, 0.2) is 24.3 Å². The van der Waals surface area contributed by atoms with Crippen molar-refractivity contribution in [1.29, 1.82) is 0 Å². The molecule has 1 aromatic rings. The maximum Gasteiger partial charge on any atom is 0.0787 e. The Morgan fingerprint density at radius 2 is 1.95 bits per heavy atom. The first-order chi connectivity index (χ1) is 9.11. The summed E-state index contributed by atoms with van der Waals surface area (Å²) in [5.74, 6) is 0.849. The van der Waals surface area contributed by atoms with Crippen LogP contribution in [0, 0.1) is 5.92 Å². The van der Waals surface area contributed by atoms with E-state index in [4.69, 9.17) is 0 Å². The zero-order valence-electron chi connectivity index (χ0n) is 12.5. The molecule has 2 nitrogen and oxygen atoms in total. The number of aliphatic hydroxyl groups excluding tert-OH is 1. The van der Waals surface area contributed by atoms with Crippen molar-refractivity contribution in [2.75, 3.05) is 11.9 Å². The van der Waals surface area contributed by atoms with Crippen molar-refractivity contribution < 1.29 is 5.11 Å². The molecule has 3 atom stereocenters. The molecule has 0 radical (unpaired) electrons. The summed E-state index contributed by atoms with van der Waals surface area (Å²) >= 11 is 0. The highest BCUT2D eigenvalue weighted by molar-refractivity contribution is 5.48. The summed E-state index contributed by atoms with van der Waals surface area (Å²) in [5, 5.41) is 9.83. The van der Waals surface area contributed by atoms with Gasteiger partial charge >= 0.3 is 0 Å². The predicted octanol–water partition coefficient (Wildman–Crippen LogP) is 4.14. The predicted molar refractivity (Wildman–Crippen MR) is 81.5 cm³/mol. The summed E-state index contributed by atoms with van der Waals surface area (Å²) in [6, 6.07) is 9.09. The van der Waals surface area contributed by atoms with Gasteiger partial charge in [0, 0.05) is 18.8 Å². The third-order valence-electron chi connectivity index (χ3n) is 4.53. The van der Waals surface area contributed by atoms with Gasteiger partial charge in [0.1, 0.15) is 0 Å². The highest BCUT2D eigenvalue weighted by atomic mass is 16.3. The van der Waals surface area contributed by atoms with Gasteiger partial charge in [0.15, 0.2) is 0 Å². The Labute approximate surface area is 117 Å². The average Bonchev–Trinajstić information content (AvgIpc) is 2.46. The molecule has 0 bridgehead atoms. The minimum atomic E-state index is -0.325. The van der Waals surface area contributed by atoms with Gasteiger partial charge < -0.3 is 10.0 Å². The fraction of sp³-hybridized carbons (Fsp3) is 0.647. The second-order valence-electron chi connectivity index (χ2n) is 6.05. The second-order valence-corrected chi connectivity index (χ2v) is 6.05. The zero-order chi connectivity index (χ0) is 13.8. The third-order valence-corrected chi connectivity index (χ3v) is 4.53. The number of nitrogens with zero attached hydrogens (tertiary/aromatic N) is 1. The van der Waals surface area contributed by atoms with E-state index in [1.54, 1.807) is 0 Å². The van der Waals surface area contributed by atoms with E-state index >= 15 is 0 Å². The minimum Gasteiger partial charge on any atom is -0.388 e. The molecule has 1 aliphatic rings. The monoisotopic (exact) mass is 261 g/mol. The van der Waals surface area contributed by atoms with Crippen molar-refractivity contribution in [3.05, 3.63) is 29.8 Å². The Balaban J connectivity index is 2.04. The molecule has 1 N–H and O–H groups in total. The molecule has 0 saturated heterocycles. The molecule has 106 valence electrons. The van der Waals surface area contributed by atoms with Crippen molar-refractivity contribution >= 4 is 5.69 Å². The molecule has 2 heteroatoms. The Kier molecular flexibility index (Phi) is 4.87. The van der Waals surface area contributed by atoms with Crippen LogP contribution in [0.4, 0.5) is 5.69 Å².